The zero-order chi connectivity index (χ0) is 13.0. The summed E-state index contributed by atoms with van der Waals surface area (Å²) < 4.78 is 0. The highest BCUT2D eigenvalue weighted by atomic mass is 16.3. The Balaban J connectivity index is 3.04. The summed E-state index contributed by atoms with van der Waals surface area (Å²) in [5.41, 5.74) is 1.54. The van der Waals surface area contributed by atoms with Crippen LogP contribution in [0.15, 0.2) is 18.2 Å². The Labute approximate surface area is 101 Å². The van der Waals surface area contributed by atoms with Crippen LogP contribution in [0.4, 0.5) is 5.69 Å². The number of anilines is 1. The van der Waals surface area contributed by atoms with Gasteiger partial charge in [-0.2, -0.15) is 0 Å². The lowest BCUT2D eigenvalue weighted by Gasteiger charge is -2.22. The number of amides is 1. The number of hydrogen-bond donors (Lipinski definition) is 1. The normalized spacial score (nSPS) is 10.1. The predicted octanol–water partition coefficient (Wildman–Crippen LogP) is 2.03. The van der Waals surface area contributed by atoms with Gasteiger partial charge in [0.05, 0.1) is 12.1 Å². The SMILES string of the molecule is CCN(C(=O)CC(C)=O)c1cc(O)ccc1C. The predicted molar refractivity (Wildman–Crippen MR) is 66.2 cm³/mol. The van der Waals surface area contributed by atoms with Gasteiger partial charge in [-0.25, -0.2) is 0 Å². The molecule has 0 fully saturated rings. The molecule has 0 unspecified atom stereocenters. The highest BCUT2D eigenvalue weighted by Crippen LogP contribution is 2.25. The first-order valence-electron chi connectivity index (χ1n) is 5.55. The van der Waals surface area contributed by atoms with Crippen LogP contribution in [0.5, 0.6) is 5.75 Å². The summed E-state index contributed by atoms with van der Waals surface area (Å²) >= 11 is 0. The maximum Gasteiger partial charge on any atom is 0.234 e. The van der Waals surface area contributed by atoms with Gasteiger partial charge in [0.25, 0.3) is 0 Å². The molecule has 1 rings (SSSR count). The highest BCUT2D eigenvalue weighted by Gasteiger charge is 2.17. The lowest BCUT2D eigenvalue weighted by molar-refractivity contribution is -0.125. The van der Waals surface area contributed by atoms with Crippen molar-refractivity contribution in [2.24, 2.45) is 0 Å². The topological polar surface area (TPSA) is 57.6 Å². The molecule has 1 aromatic carbocycles. The van der Waals surface area contributed by atoms with E-state index in [1.807, 2.05) is 13.8 Å². The molecule has 0 spiro atoms. The number of phenolic OH excluding ortho intramolecular Hbond substituents is 1. The molecular formula is C13H17NO3. The molecule has 0 radical (unpaired) electrons. The van der Waals surface area contributed by atoms with Crippen molar-refractivity contribution < 1.29 is 14.7 Å². The van der Waals surface area contributed by atoms with Gasteiger partial charge in [0.15, 0.2) is 0 Å². The third-order valence-corrected chi connectivity index (χ3v) is 2.50. The van der Waals surface area contributed by atoms with Gasteiger partial charge < -0.3 is 10.0 Å². The number of rotatable bonds is 4. The number of aryl methyl sites for hydroxylation is 1. The second-order valence-corrected chi connectivity index (χ2v) is 3.99. The van der Waals surface area contributed by atoms with E-state index in [4.69, 9.17) is 0 Å². The van der Waals surface area contributed by atoms with Crippen LogP contribution in [-0.2, 0) is 9.59 Å². The fraction of sp³-hybridized carbons (Fsp3) is 0.385. The molecule has 0 saturated carbocycles. The molecule has 0 aromatic heterocycles. The number of nitrogens with zero attached hydrogens (tertiary/aromatic N) is 1. The highest BCUT2D eigenvalue weighted by molar-refractivity contribution is 6.05. The van der Waals surface area contributed by atoms with E-state index in [0.717, 1.165) is 5.56 Å². The van der Waals surface area contributed by atoms with E-state index in [1.54, 1.807) is 12.1 Å². The van der Waals surface area contributed by atoms with Crippen LogP contribution < -0.4 is 4.90 Å². The number of ketones is 1. The van der Waals surface area contributed by atoms with Crippen molar-refractivity contribution in [1.29, 1.82) is 0 Å². The van der Waals surface area contributed by atoms with E-state index in [1.165, 1.54) is 17.9 Å². The molecule has 17 heavy (non-hydrogen) atoms. The fourth-order valence-corrected chi connectivity index (χ4v) is 1.68. The largest absolute Gasteiger partial charge is 0.508 e. The van der Waals surface area contributed by atoms with E-state index in [9.17, 15) is 14.7 Å². The van der Waals surface area contributed by atoms with Crippen molar-refractivity contribution in [1.82, 2.24) is 0 Å². The second-order valence-electron chi connectivity index (χ2n) is 3.99. The van der Waals surface area contributed by atoms with Crippen LogP contribution in [0.25, 0.3) is 0 Å². The number of hydrogen-bond acceptors (Lipinski definition) is 3. The van der Waals surface area contributed by atoms with E-state index >= 15 is 0 Å². The maximum atomic E-state index is 11.9. The van der Waals surface area contributed by atoms with Gasteiger partial charge in [0.1, 0.15) is 11.5 Å². The summed E-state index contributed by atoms with van der Waals surface area (Å²) in [6.07, 6.45) is -0.108. The Bertz CT molecular complexity index is 440. The minimum atomic E-state index is -0.242. The molecule has 0 aliphatic carbocycles. The zero-order valence-corrected chi connectivity index (χ0v) is 10.4. The molecule has 0 atom stereocenters. The molecule has 4 heteroatoms. The van der Waals surface area contributed by atoms with Crippen LogP contribution in [0.3, 0.4) is 0 Å². The monoisotopic (exact) mass is 235 g/mol. The minimum Gasteiger partial charge on any atom is -0.508 e. The molecule has 0 aliphatic heterocycles. The van der Waals surface area contributed by atoms with Crippen LogP contribution in [0.1, 0.15) is 25.8 Å². The first-order valence-corrected chi connectivity index (χ1v) is 5.55. The Morgan fingerprint density at radius 3 is 2.53 bits per heavy atom. The van der Waals surface area contributed by atoms with Crippen molar-refractivity contribution >= 4 is 17.4 Å². The van der Waals surface area contributed by atoms with Crippen LogP contribution in [0.2, 0.25) is 0 Å². The summed E-state index contributed by atoms with van der Waals surface area (Å²) in [4.78, 5) is 24.3. The Hall–Kier alpha value is -1.84. The van der Waals surface area contributed by atoms with Crippen molar-refractivity contribution in [2.75, 3.05) is 11.4 Å². The molecule has 1 N–H and O–H groups in total. The van der Waals surface area contributed by atoms with Crippen molar-refractivity contribution in [3.63, 3.8) is 0 Å². The minimum absolute atomic E-state index is 0.108. The van der Waals surface area contributed by atoms with E-state index in [0.29, 0.717) is 12.2 Å². The lowest BCUT2D eigenvalue weighted by atomic mass is 10.1. The van der Waals surface area contributed by atoms with Gasteiger partial charge in [0, 0.05) is 12.6 Å². The third-order valence-electron chi connectivity index (χ3n) is 2.50. The van der Waals surface area contributed by atoms with Gasteiger partial charge >= 0.3 is 0 Å². The van der Waals surface area contributed by atoms with Gasteiger partial charge in [-0.15, -0.1) is 0 Å². The number of aromatic hydroxyl groups is 1. The molecule has 4 nitrogen and oxygen atoms in total. The molecule has 1 aromatic rings. The van der Waals surface area contributed by atoms with Gasteiger partial charge in [-0.1, -0.05) is 6.07 Å². The summed E-state index contributed by atoms with van der Waals surface area (Å²) in [7, 11) is 0. The first-order chi connectivity index (χ1) is 7.95. The average Bonchev–Trinajstić information content (AvgIpc) is 2.23. The van der Waals surface area contributed by atoms with Gasteiger partial charge in [-0.3, -0.25) is 9.59 Å². The smallest absolute Gasteiger partial charge is 0.234 e. The van der Waals surface area contributed by atoms with E-state index in [2.05, 4.69) is 0 Å². The number of benzene rings is 1. The molecule has 0 bridgehead atoms. The summed E-state index contributed by atoms with van der Waals surface area (Å²) in [6.45, 7) is 5.55. The summed E-state index contributed by atoms with van der Waals surface area (Å²) in [5.74, 6) is -0.292. The average molecular weight is 235 g/mol. The fourth-order valence-electron chi connectivity index (χ4n) is 1.68. The van der Waals surface area contributed by atoms with E-state index < -0.39 is 0 Å². The Kier molecular flexibility index (Phi) is 4.26. The summed E-state index contributed by atoms with van der Waals surface area (Å²) in [5, 5.41) is 9.44. The van der Waals surface area contributed by atoms with Gasteiger partial charge in [-0.05, 0) is 32.4 Å². The van der Waals surface area contributed by atoms with E-state index in [-0.39, 0.29) is 23.9 Å². The number of phenols is 1. The quantitative estimate of drug-likeness (QED) is 0.812. The number of Topliss-reactive ketones (excluding diaryl/α,β-unsaturated/α-hetero) is 1. The second kappa shape index (κ2) is 5.48. The molecular weight excluding hydrogens is 218 g/mol. The van der Waals surface area contributed by atoms with Crippen LogP contribution in [-0.4, -0.2) is 23.3 Å². The molecule has 1 amide bonds. The molecule has 0 saturated heterocycles. The van der Waals surface area contributed by atoms with Crippen LogP contribution in [0, 0.1) is 6.92 Å². The first kappa shape index (κ1) is 13.2. The molecule has 0 aliphatic rings. The third kappa shape index (κ3) is 3.31. The lowest BCUT2D eigenvalue weighted by Crippen LogP contribution is -2.32. The van der Waals surface area contributed by atoms with Crippen molar-refractivity contribution in [3.05, 3.63) is 23.8 Å². The Morgan fingerprint density at radius 1 is 1.35 bits per heavy atom. The van der Waals surface area contributed by atoms with Crippen molar-refractivity contribution in [3.8, 4) is 5.75 Å². The maximum absolute atomic E-state index is 11.9. The van der Waals surface area contributed by atoms with Gasteiger partial charge in [0.2, 0.25) is 5.91 Å². The van der Waals surface area contributed by atoms with Crippen LogP contribution >= 0.6 is 0 Å². The molecule has 92 valence electrons. The zero-order valence-electron chi connectivity index (χ0n) is 10.4. The Morgan fingerprint density at radius 2 is 2.00 bits per heavy atom. The summed E-state index contributed by atoms with van der Waals surface area (Å²) in [6, 6.07) is 4.85. The molecule has 0 heterocycles. The number of carbonyl (C=O) groups is 2. The van der Waals surface area contributed by atoms with Crippen molar-refractivity contribution in [2.45, 2.75) is 27.2 Å². The number of carbonyl (C=O) groups excluding carboxylic acids is 2. The standard InChI is InChI=1S/C13H17NO3/c1-4-14(13(17)7-10(3)15)12-8-11(16)6-5-9(12)2/h5-6,8,16H,4,7H2,1-3H3.